The van der Waals surface area contributed by atoms with Gasteiger partial charge in [0.15, 0.2) is 5.60 Å². The summed E-state index contributed by atoms with van der Waals surface area (Å²) < 4.78 is 32.4. The molecular formula is C25H27N5O6S. The molecule has 37 heavy (non-hydrogen) atoms. The second-order valence-corrected chi connectivity index (χ2v) is 11.8. The number of carbonyl (C=O) groups is 1. The lowest BCUT2D eigenvalue weighted by atomic mass is 9.86. The zero-order valence-electron chi connectivity index (χ0n) is 20.5. The number of carbonyl (C=O) groups excluding carboxylic acids is 1. The van der Waals surface area contributed by atoms with Gasteiger partial charge in [-0.25, -0.2) is 18.2 Å². The number of sulfonamides is 1. The first-order chi connectivity index (χ1) is 17.5. The van der Waals surface area contributed by atoms with Gasteiger partial charge in [-0.1, -0.05) is 6.92 Å². The van der Waals surface area contributed by atoms with E-state index in [-0.39, 0.29) is 36.3 Å². The average Bonchev–Trinajstić information content (AvgIpc) is 3.23. The maximum absolute atomic E-state index is 13.6. The molecule has 0 amide bonds. The van der Waals surface area contributed by atoms with Gasteiger partial charge in [0.2, 0.25) is 10.0 Å². The highest BCUT2D eigenvalue weighted by atomic mass is 32.2. The fourth-order valence-electron chi connectivity index (χ4n) is 5.68. The standard InChI is InChI=1S/C25H27N5O6S/c1-3-25(33)18-11-20-21-16(12-30(20)23(31)17(18)13-36-24(25)32)22(15-10-14(26)4-5-19(15)27-21)28-6-8-29(9-7-28)37(2,34)35/h4-5,10-11,33H,3,6-9,12-13,26H2,1-2H3/t25-/m0/s1. The summed E-state index contributed by atoms with van der Waals surface area (Å²) in [6.45, 7) is 3.32. The SMILES string of the molecule is CC[C@@]1(O)C(=O)OCc2c1cc1n(c2=O)Cc2c-1nc1ccc(N)cc1c2N1CCN(S(C)(=O)=O)CC1. The van der Waals surface area contributed by atoms with Crippen molar-refractivity contribution in [2.24, 2.45) is 0 Å². The van der Waals surface area contributed by atoms with Crippen LogP contribution in [-0.4, -0.2) is 65.8 Å². The average molecular weight is 526 g/mol. The number of cyclic esters (lactones) is 1. The van der Waals surface area contributed by atoms with Crippen LogP contribution in [0.2, 0.25) is 0 Å². The third-order valence-electron chi connectivity index (χ3n) is 7.71. The van der Waals surface area contributed by atoms with Crippen LogP contribution in [0.25, 0.3) is 22.3 Å². The van der Waals surface area contributed by atoms with Crippen molar-refractivity contribution in [1.29, 1.82) is 0 Å². The number of nitrogens with zero attached hydrogens (tertiary/aromatic N) is 4. The minimum absolute atomic E-state index is 0.0644. The number of ether oxygens (including phenoxy) is 1. The van der Waals surface area contributed by atoms with Crippen molar-refractivity contribution in [3.63, 3.8) is 0 Å². The molecule has 5 heterocycles. The van der Waals surface area contributed by atoms with Crippen LogP contribution in [0.5, 0.6) is 0 Å². The molecule has 12 heteroatoms. The number of nitrogens with two attached hydrogens (primary N) is 1. The molecule has 194 valence electrons. The molecule has 6 rings (SSSR count). The van der Waals surface area contributed by atoms with Gasteiger partial charge in [0.05, 0.1) is 41.0 Å². The Labute approximate surface area is 213 Å². The summed E-state index contributed by atoms with van der Waals surface area (Å²) in [6, 6.07) is 7.11. The molecule has 1 fully saturated rings. The molecule has 0 bridgehead atoms. The second-order valence-electron chi connectivity index (χ2n) is 9.82. The van der Waals surface area contributed by atoms with E-state index < -0.39 is 21.6 Å². The van der Waals surface area contributed by atoms with E-state index in [0.29, 0.717) is 48.8 Å². The first kappa shape index (κ1) is 23.9. The summed E-state index contributed by atoms with van der Waals surface area (Å²) in [7, 11) is -3.30. The van der Waals surface area contributed by atoms with Crippen LogP contribution in [0.15, 0.2) is 29.1 Å². The van der Waals surface area contributed by atoms with E-state index in [4.69, 9.17) is 15.5 Å². The monoisotopic (exact) mass is 525 g/mol. The molecule has 0 spiro atoms. The summed E-state index contributed by atoms with van der Waals surface area (Å²) in [5.41, 5.74) is 8.46. The zero-order valence-corrected chi connectivity index (χ0v) is 21.3. The minimum Gasteiger partial charge on any atom is -0.458 e. The fraction of sp³-hybridized carbons (Fsp3) is 0.400. The highest BCUT2D eigenvalue weighted by molar-refractivity contribution is 7.88. The predicted molar refractivity (Wildman–Crippen MR) is 138 cm³/mol. The lowest BCUT2D eigenvalue weighted by Crippen LogP contribution is -2.48. The smallest absolute Gasteiger partial charge is 0.343 e. The molecule has 0 unspecified atom stereocenters. The molecule has 3 aromatic rings. The topological polar surface area (TPSA) is 148 Å². The highest BCUT2D eigenvalue weighted by Crippen LogP contribution is 2.43. The van der Waals surface area contributed by atoms with Crippen molar-refractivity contribution >= 4 is 38.3 Å². The van der Waals surface area contributed by atoms with Gasteiger partial charge in [0.1, 0.15) is 6.61 Å². The van der Waals surface area contributed by atoms with Crippen molar-refractivity contribution in [3.8, 4) is 11.4 Å². The Hall–Kier alpha value is -3.48. The molecule has 3 aliphatic rings. The molecule has 0 radical (unpaired) electrons. The summed E-state index contributed by atoms with van der Waals surface area (Å²) in [5, 5.41) is 12.0. The molecule has 0 aliphatic carbocycles. The number of benzene rings is 1. The number of nitrogen functional groups attached to an aromatic ring is 1. The van der Waals surface area contributed by atoms with Gasteiger partial charge in [-0.3, -0.25) is 4.79 Å². The van der Waals surface area contributed by atoms with E-state index in [9.17, 15) is 23.1 Å². The van der Waals surface area contributed by atoms with Gasteiger partial charge in [0.25, 0.3) is 5.56 Å². The molecule has 1 atom stereocenters. The largest absolute Gasteiger partial charge is 0.458 e. The third-order valence-corrected chi connectivity index (χ3v) is 9.01. The normalized spacial score (nSPS) is 21.5. The van der Waals surface area contributed by atoms with Crippen LogP contribution in [0.1, 0.15) is 30.0 Å². The van der Waals surface area contributed by atoms with Gasteiger partial charge in [-0.05, 0) is 30.7 Å². The van der Waals surface area contributed by atoms with Gasteiger partial charge in [-0.2, -0.15) is 4.31 Å². The Kier molecular flexibility index (Phi) is 5.17. The van der Waals surface area contributed by atoms with Crippen molar-refractivity contribution in [2.45, 2.75) is 32.1 Å². The Bertz CT molecular complexity index is 1660. The highest BCUT2D eigenvalue weighted by Gasteiger charge is 2.45. The Balaban J connectivity index is 1.56. The van der Waals surface area contributed by atoms with Crippen molar-refractivity contribution in [3.05, 3.63) is 51.3 Å². The number of anilines is 2. The quantitative estimate of drug-likeness (QED) is 0.292. The van der Waals surface area contributed by atoms with E-state index in [1.807, 2.05) is 12.1 Å². The number of pyridine rings is 2. The van der Waals surface area contributed by atoms with Crippen LogP contribution in [0.3, 0.4) is 0 Å². The summed E-state index contributed by atoms with van der Waals surface area (Å²) in [4.78, 5) is 33.1. The predicted octanol–water partition coefficient (Wildman–Crippen LogP) is 0.743. The van der Waals surface area contributed by atoms with Gasteiger partial charge in [0, 0.05) is 48.4 Å². The van der Waals surface area contributed by atoms with Gasteiger partial charge < -0.3 is 25.0 Å². The summed E-state index contributed by atoms with van der Waals surface area (Å²) in [5.74, 6) is -0.767. The molecule has 3 N–H and O–H groups in total. The third kappa shape index (κ3) is 3.46. The molecule has 2 aromatic heterocycles. The molecule has 11 nitrogen and oxygen atoms in total. The minimum atomic E-state index is -3.30. The first-order valence-electron chi connectivity index (χ1n) is 12.1. The first-order valence-corrected chi connectivity index (χ1v) is 14.0. The molecule has 3 aliphatic heterocycles. The summed E-state index contributed by atoms with van der Waals surface area (Å²) >= 11 is 0. The van der Waals surface area contributed by atoms with Crippen LogP contribution in [0.4, 0.5) is 11.4 Å². The van der Waals surface area contributed by atoms with Gasteiger partial charge >= 0.3 is 5.97 Å². The second kappa shape index (κ2) is 8.01. The molecule has 1 aromatic carbocycles. The molecule has 1 saturated heterocycles. The maximum Gasteiger partial charge on any atom is 0.343 e. The molecular weight excluding hydrogens is 498 g/mol. The number of rotatable bonds is 3. The maximum atomic E-state index is 13.6. The fourth-order valence-corrected chi connectivity index (χ4v) is 6.51. The lowest BCUT2D eigenvalue weighted by molar-refractivity contribution is -0.172. The van der Waals surface area contributed by atoms with E-state index in [1.165, 1.54) is 10.6 Å². The number of fused-ring (bicyclic) bond motifs is 5. The molecule has 0 saturated carbocycles. The Morgan fingerprint density at radius 3 is 2.54 bits per heavy atom. The van der Waals surface area contributed by atoms with E-state index in [0.717, 1.165) is 16.6 Å². The number of hydrogen-bond donors (Lipinski definition) is 2. The Morgan fingerprint density at radius 1 is 1.14 bits per heavy atom. The van der Waals surface area contributed by atoms with Crippen molar-refractivity contribution < 1.29 is 23.1 Å². The van der Waals surface area contributed by atoms with Crippen LogP contribution in [0, 0.1) is 0 Å². The summed E-state index contributed by atoms with van der Waals surface area (Å²) in [6.07, 6.45) is 1.27. The number of esters is 1. The lowest BCUT2D eigenvalue weighted by Gasteiger charge is -2.36. The van der Waals surface area contributed by atoms with E-state index in [2.05, 4.69) is 4.90 Å². The number of aromatic nitrogens is 2. The van der Waals surface area contributed by atoms with Crippen LogP contribution in [-0.2, 0) is 38.3 Å². The van der Waals surface area contributed by atoms with Crippen LogP contribution >= 0.6 is 0 Å². The van der Waals surface area contributed by atoms with E-state index in [1.54, 1.807) is 23.6 Å². The van der Waals surface area contributed by atoms with Crippen molar-refractivity contribution in [2.75, 3.05) is 43.1 Å². The van der Waals surface area contributed by atoms with Crippen LogP contribution < -0.4 is 16.2 Å². The number of piperazine rings is 1. The van der Waals surface area contributed by atoms with E-state index >= 15 is 0 Å². The van der Waals surface area contributed by atoms with Gasteiger partial charge in [-0.15, -0.1) is 0 Å². The number of hydrogen-bond acceptors (Lipinski definition) is 9. The number of aliphatic hydroxyl groups is 1. The zero-order chi connectivity index (χ0) is 26.3. The van der Waals surface area contributed by atoms with Crippen molar-refractivity contribution in [1.82, 2.24) is 13.9 Å². The Morgan fingerprint density at radius 2 is 1.86 bits per heavy atom.